The van der Waals surface area contributed by atoms with Crippen LogP contribution in [0.15, 0.2) is 42.5 Å². The van der Waals surface area contributed by atoms with Crippen molar-refractivity contribution >= 4 is 23.1 Å². The Balaban J connectivity index is 1.95. The first-order chi connectivity index (χ1) is 11.9. The zero-order chi connectivity index (χ0) is 18.1. The van der Waals surface area contributed by atoms with Gasteiger partial charge in [-0.25, -0.2) is 4.79 Å². The van der Waals surface area contributed by atoms with Crippen LogP contribution in [-0.4, -0.2) is 5.97 Å². The lowest BCUT2D eigenvalue weighted by Gasteiger charge is -2.28. The number of rotatable bonds is 3. The van der Waals surface area contributed by atoms with E-state index in [9.17, 15) is 4.79 Å². The molecule has 0 heterocycles. The molecule has 25 heavy (non-hydrogen) atoms. The van der Waals surface area contributed by atoms with Gasteiger partial charge in [0, 0.05) is 5.02 Å². The highest BCUT2D eigenvalue weighted by Gasteiger charge is 2.24. The van der Waals surface area contributed by atoms with Crippen molar-refractivity contribution in [3.63, 3.8) is 0 Å². The van der Waals surface area contributed by atoms with Gasteiger partial charge in [-0.3, -0.25) is 0 Å². The molecule has 0 radical (unpaired) electrons. The smallest absolute Gasteiger partial charge is 0.343 e. The Morgan fingerprint density at radius 3 is 2.64 bits per heavy atom. The van der Waals surface area contributed by atoms with Crippen LogP contribution >= 0.6 is 11.6 Å². The van der Waals surface area contributed by atoms with E-state index in [2.05, 4.69) is 32.9 Å². The summed E-state index contributed by atoms with van der Waals surface area (Å²) in [7, 11) is 0. The summed E-state index contributed by atoms with van der Waals surface area (Å²) in [6.45, 7) is 8.62. The van der Waals surface area contributed by atoms with Crippen molar-refractivity contribution in [1.29, 1.82) is 0 Å². The number of ether oxygens (including phenoxy) is 1. The molecule has 2 nitrogen and oxygen atoms in total. The lowest BCUT2D eigenvalue weighted by atomic mass is 9.77. The third-order valence-electron chi connectivity index (χ3n) is 4.92. The van der Waals surface area contributed by atoms with E-state index in [1.807, 2.05) is 13.0 Å². The summed E-state index contributed by atoms with van der Waals surface area (Å²) in [5.74, 6) is 1.31. The fourth-order valence-corrected chi connectivity index (χ4v) is 3.61. The van der Waals surface area contributed by atoms with E-state index >= 15 is 0 Å². The number of hydrogen-bond donors (Lipinski definition) is 0. The first kappa shape index (κ1) is 17.8. The SMILES string of the molecule is CC1=CC[C@H](C(C)C)c2cc(C)c(OC(=O)c3cccc(Cl)c3)cc21. The maximum atomic E-state index is 12.4. The maximum Gasteiger partial charge on any atom is 0.343 e. The molecule has 0 aromatic heterocycles. The molecule has 130 valence electrons. The van der Waals surface area contributed by atoms with Crippen LogP contribution in [0, 0.1) is 12.8 Å². The van der Waals surface area contributed by atoms with Crippen LogP contribution in [0.3, 0.4) is 0 Å². The molecule has 2 aromatic rings. The van der Waals surface area contributed by atoms with Crippen LogP contribution in [0.1, 0.15) is 60.2 Å². The Hall–Kier alpha value is -2.06. The molecular formula is C22H23ClO2. The van der Waals surface area contributed by atoms with E-state index in [1.165, 1.54) is 16.7 Å². The predicted octanol–water partition coefficient (Wildman–Crippen LogP) is 6.41. The van der Waals surface area contributed by atoms with Gasteiger partial charge >= 0.3 is 5.97 Å². The third-order valence-corrected chi connectivity index (χ3v) is 5.15. The monoisotopic (exact) mass is 354 g/mol. The molecule has 1 aliphatic carbocycles. The van der Waals surface area contributed by atoms with Crippen LogP contribution in [0.5, 0.6) is 5.75 Å². The second-order valence-corrected chi connectivity index (χ2v) is 7.51. The largest absolute Gasteiger partial charge is 0.423 e. The van der Waals surface area contributed by atoms with Gasteiger partial charge in [-0.15, -0.1) is 0 Å². The minimum absolute atomic E-state index is 0.386. The molecule has 0 N–H and O–H groups in total. The van der Waals surface area contributed by atoms with E-state index < -0.39 is 0 Å². The zero-order valence-electron chi connectivity index (χ0n) is 15.1. The number of aryl methyl sites for hydroxylation is 1. The summed E-state index contributed by atoms with van der Waals surface area (Å²) in [5, 5.41) is 0.523. The summed E-state index contributed by atoms with van der Waals surface area (Å²) in [6, 6.07) is 11.0. The molecule has 1 aliphatic rings. The third kappa shape index (κ3) is 3.64. The van der Waals surface area contributed by atoms with Gasteiger partial charge in [0.2, 0.25) is 0 Å². The summed E-state index contributed by atoms with van der Waals surface area (Å²) in [4.78, 5) is 12.4. The average Bonchev–Trinajstić information content (AvgIpc) is 2.56. The van der Waals surface area contributed by atoms with Crippen molar-refractivity contribution in [3.05, 3.63) is 69.8 Å². The Morgan fingerprint density at radius 2 is 1.96 bits per heavy atom. The van der Waals surface area contributed by atoms with E-state index in [4.69, 9.17) is 16.3 Å². The summed E-state index contributed by atoms with van der Waals surface area (Å²) in [6.07, 6.45) is 3.35. The molecular weight excluding hydrogens is 332 g/mol. The number of benzene rings is 2. The highest BCUT2D eigenvalue weighted by molar-refractivity contribution is 6.30. The highest BCUT2D eigenvalue weighted by atomic mass is 35.5. The number of hydrogen-bond acceptors (Lipinski definition) is 2. The molecule has 3 heteroatoms. The molecule has 0 fully saturated rings. The van der Waals surface area contributed by atoms with Gasteiger partial charge in [-0.1, -0.05) is 43.7 Å². The molecule has 0 aliphatic heterocycles. The van der Waals surface area contributed by atoms with Gasteiger partial charge in [-0.05, 0) is 78.6 Å². The fourth-order valence-electron chi connectivity index (χ4n) is 3.41. The molecule has 0 spiro atoms. The molecule has 1 atom stereocenters. The summed E-state index contributed by atoms with van der Waals surface area (Å²) < 4.78 is 5.67. The average molecular weight is 355 g/mol. The quantitative estimate of drug-likeness (QED) is 0.470. The van der Waals surface area contributed by atoms with Crippen LogP contribution < -0.4 is 4.74 Å². The number of fused-ring (bicyclic) bond motifs is 1. The number of halogens is 1. The van der Waals surface area contributed by atoms with Gasteiger partial charge in [0.25, 0.3) is 0 Å². The maximum absolute atomic E-state index is 12.4. The number of carbonyl (C=O) groups is 1. The standard InChI is InChI=1S/C22H23ClO2/c1-13(2)18-9-8-14(3)19-12-21(15(4)10-20(18)19)25-22(24)16-6-5-7-17(23)11-16/h5-8,10-13,18H,9H2,1-4H3/t18-/m1/s1. The molecule has 0 saturated heterocycles. The van der Waals surface area contributed by atoms with Gasteiger partial charge < -0.3 is 4.74 Å². The minimum Gasteiger partial charge on any atom is -0.423 e. The van der Waals surface area contributed by atoms with Gasteiger partial charge in [0.15, 0.2) is 0 Å². The van der Waals surface area contributed by atoms with Crippen LogP contribution in [-0.2, 0) is 0 Å². The first-order valence-corrected chi connectivity index (χ1v) is 9.04. The van der Waals surface area contributed by atoms with Gasteiger partial charge in [0.1, 0.15) is 5.75 Å². The normalized spacial score (nSPS) is 16.4. The lowest BCUT2D eigenvalue weighted by Crippen LogP contribution is -2.14. The zero-order valence-corrected chi connectivity index (χ0v) is 15.9. The molecule has 0 amide bonds. The van der Waals surface area contributed by atoms with E-state index in [-0.39, 0.29) is 5.97 Å². The van der Waals surface area contributed by atoms with E-state index in [0.717, 1.165) is 12.0 Å². The van der Waals surface area contributed by atoms with Crippen molar-refractivity contribution in [2.45, 2.75) is 40.0 Å². The summed E-state index contributed by atoms with van der Waals surface area (Å²) >= 11 is 5.97. The Morgan fingerprint density at radius 1 is 1.20 bits per heavy atom. The highest BCUT2D eigenvalue weighted by Crippen LogP contribution is 2.41. The topological polar surface area (TPSA) is 26.3 Å². The molecule has 0 unspecified atom stereocenters. The van der Waals surface area contributed by atoms with E-state index in [0.29, 0.717) is 28.2 Å². The van der Waals surface area contributed by atoms with Gasteiger partial charge in [0.05, 0.1) is 5.56 Å². The fraction of sp³-hybridized carbons (Fsp3) is 0.318. The van der Waals surface area contributed by atoms with Gasteiger partial charge in [-0.2, -0.15) is 0 Å². The number of carbonyl (C=O) groups excluding carboxylic acids is 1. The van der Waals surface area contributed by atoms with E-state index in [1.54, 1.807) is 24.3 Å². The lowest BCUT2D eigenvalue weighted by molar-refractivity contribution is 0.0733. The first-order valence-electron chi connectivity index (χ1n) is 8.66. The molecule has 2 aromatic carbocycles. The number of allylic oxidation sites excluding steroid dienone is 2. The van der Waals surface area contributed by atoms with Crippen LogP contribution in [0.4, 0.5) is 0 Å². The Kier molecular flexibility index (Phi) is 5.01. The Labute approximate surface area is 154 Å². The molecule has 3 rings (SSSR count). The summed E-state index contributed by atoms with van der Waals surface area (Å²) in [5.41, 5.74) is 5.22. The second-order valence-electron chi connectivity index (χ2n) is 7.08. The predicted molar refractivity (Wildman–Crippen MR) is 103 cm³/mol. The number of esters is 1. The van der Waals surface area contributed by atoms with Crippen LogP contribution in [0.25, 0.3) is 5.57 Å². The van der Waals surface area contributed by atoms with Crippen LogP contribution in [0.2, 0.25) is 5.02 Å². The minimum atomic E-state index is -0.386. The second kappa shape index (κ2) is 7.05. The molecule has 0 bridgehead atoms. The van der Waals surface area contributed by atoms with Crippen molar-refractivity contribution in [2.24, 2.45) is 5.92 Å². The van der Waals surface area contributed by atoms with Crippen molar-refractivity contribution < 1.29 is 9.53 Å². The van der Waals surface area contributed by atoms with Crippen molar-refractivity contribution in [2.75, 3.05) is 0 Å². The Bertz CT molecular complexity index is 849. The van der Waals surface area contributed by atoms with Crippen molar-refractivity contribution in [1.82, 2.24) is 0 Å². The van der Waals surface area contributed by atoms with Crippen molar-refractivity contribution in [3.8, 4) is 5.75 Å². The molecule has 0 saturated carbocycles.